The van der Waals surface area contributed by atoms with E-state index in [0.717, 1.165) is 117 Å². The van der Waals surface area contributed by atoms with E-state index in [2.05, 4.69) is 64.1 Å². The number of carbonyl (C=O) groups excluding carboxylic acids is 4. The summed E-state index contributed by atoms with van der Waals surface area (Å²) in [5, 5.41) is 16.4. The molecule has 5 N–H and O–H groups in total. The largest absolute Gasteiger partial charge is 0.356 e. The number of unbranched alkanes of at least 4 members (excludes halogenated alkanes) is 42. The van der Waals surface area contributed by atoms with E-state index in [1.807, 2.05) is 0 Å². The Kier molecular flexibility index (Phi) is 66.0. The van der Waals surface area contributed by atoms with Crippen LogP contribution in [0.5, 0.6) is 0 Å². The SMILES string of the molecule is CCCCCCCCCCCCCNC(=O)CCCCCNCCN(CCC(=O)NCCCCCCCCCCCCC)CCN(CCC(=O)NCCCCCCCCCCCCC)CCC(=O)NCCCCCCCCCCCCC. The number of carbonyl (C=O) groups is 4. The monoisotopic (exact) mass is 1160 g/mol. The van der Waals surface area contributed by atoms with E-state index in [1.165, 1.54) is 244 Å². The number of amides is 4. The Bertz CT molecular complexity index is 1290. The smallest absolute Gasteiger partial charge is 0.221 e. The van der Waals surface area contributed by atoms with Gasteiger partial charge in [0.25, 0.3) is 0 Å². The molecule has 11 nitrogen and oxygen atoms in total. The Morgan fingerprint density at radius 3 is 0.683 bits per heavy atom. The molecule has 0 unspecified atom stereocenters. The first-order valence-corrected chi connectivity index (χ1v) is 36.6. The zero-order chi connectivity index (χ0) is 59.5. The maximum Gasteiger partial charge on any atom is 0.221 e. The molecule has 0 radical (unpaired) electrons. The molecule has 0 saturated carbocycles. The van der Waals surface area contributed by atoms with Crippen molar-refractivity contribution in [3.05, 3.63) is 0 Å². The van der Waals surface area contributed by atoms with Crippen LogP contribution in [-0.2, 0) is 19.2 Å². The minimum Gasteiger partial charge on any atom is -0.356 e. The molecule has 486 valence electrons. The fourth-order valence-electron chi connectivity index (χ4n) is 11.2. The van der Waals surface area contributed by atoms with Crippen molar-refractivity contribution in [1.82, 2.24) is 36.4 Å². The van der Waals surface area contributed by atoms with Gasteiger partial charge in [-0.1, -0.05) is 291 Å². The summed E-state index contributed by atoms with van der Waals surface area (Å²) in [4.78, 5) is 56.7. The molecule has 0 bridgehead atoms. The van der Waals surface area contributed by atoms with E-state index in [4.69, 9.17) is 0 Å². The van der Waals surface area contributed by atoms with Crippen LogP contribution < -0.4 is 26.6 Å². The lowest BCUT2D eigenvalue weighted by molar-refractivity contribution is -0.122. The van der Waals surface area contributed by atoms with Crippen LogP contribution in [0.2, 0.25) is 0 Å². The number of rotatable bonds is 69. The van der Waals surface area contributed by atoms with E-state index >= 15 is 0 Å². The first-order chi connectivity index (χ1) is 40.4. The fraction of sp³-hybridized carbons (Fsp3) is 0.944. The molecule has 0 aromatic carbocycles. The lowest BCUT2D eigenvalue weighted by Gasteiger charge is -2.28. The Labute approximate surface area is 510 Å². The molecular weight excluding hydrogens is 1010 g/mol. The second kappa shape index (κ2) is 67.9. The summed E-state index contributed by atoms with van der Waals surface area (Å²) in [7, 11) is 0. The quantitative estimate of drug-likeness (QED) is 0.0383. The molecule has 0 aliphatic heterocycles. The molecule has 0 atom stereocenters. The van der Waals surface area contributed by atoms with Gasteiger partial charge in [-0.15, -0.1) is 0 Å². The van der Waals surface area contributed by atoms with Crippen LogP contribution in [0.1, 0.15) is 355 Å². The van der Waals surface area contributed by atoms with Crippen LogP contribution >= 0.6 is 0 Å². The van der Waals surface area contributed by atoms with E-state index in [0.29, 0.717) is 45.3 Å². The summed E-state index contributed by atoms with van der Waals surface area (Å²) >= 11 is 0. The van der Waals surface area contributed by atoms with Gasteiger partial charge in [-0.2, -0.15) is 0 Å². The highest BCUT2D eigenvalue weighted by Gasteiger charge is 2.15. The molecular formula is C71H143N7O4. The Morgan fingerprint density at radius 2 is 0.415 bits per heavy atom. The molecule has 0 aliphatic rings. The van der Waals surface area contributed by atoms with Crippen molar-refractivity contribution >= 4 is 23.6 Å². The van der Waals surface area contributed by atoms with Gasteiger partial charge in [-0.05, 0) is 45.1 Å². The molecule has 0 rings (SSSR count). The molecule has 0 saturated heterocycles. The van der Waals surface area contributed by atoms with Gasteiger partial charge in [-0.25, -0.2) is 0 Å². The van der Waals surface area contributed by atoms with Gasteiger partial charge in [0.15, 0.2) is 0 Å². The number of hydrogen-bond donors (Lipinski definition) is 5. The van der Waals surface area contributed by atoms with Crippen LogP contribution in [0, 0.1) is 0 Å². The maximum atomic E-state index is 13.2. The third kappa shape index (κ3) is 63.8. The van der Waals surface area contributed by atoms with Gasteiger partial charge in [-0.3, -0.25) is 19.2 Å². The Hall–Kier alpha value is -2.24. The summed E-state index contributed by atoms with van der Waals surface area (Å²) in [6.45, 7) is 18.1. The Morgan fingerprint density at radius 1 is 0.207 bits per heavy atom. The lowest BCUT2D eigenvalue weighted by atomic mass is 10.1. The van der Waals surface area contributed by atoms with Crippen molar-refractivity contribution in [2.75, 3.05) is 78.5 Å². The zero-order valence-corrected chi connectivity index (χ0v) is 55.6. The third-order valence-corrected chi connectivity index (χ3v) is 17.0. The predicted octanol–water partition coefficient (Wildman–Crippen LogP) is 17.6. The number of nitrogens with zero attached hydrogens (tertiary/aromatic N) is 2. The standard InChI is InChI=1S/C71H143N7O4/c1-5-9-13-17-21-25-29-33-37-41-48-57-73-68(79)52-46-45-47-56-72-61-65-78(64-55-71(82)76-60-51-44-40-36-32-28-24-20-16-12-8-4)67-66-77(62-53-69(80)74-58-49-42-38-34-30-26-22-18-14-10-6-2)63-54-70(81)75-59-50-43-39-35-31-27-23-19-15-11-7-3/h72H,5-67H2,1-4H3,(H,73,79)(H,74,80)(H,75,81)(H,76,82). The summed E-state index contributed by atoms with van der Waals surface area (Å²) in [6, 6.07) is 0. The molecule has 11 heteroatoms. The van der Waals surface area contributed by atoms with E-state index in [-0.39, 0.29) is 23.6 Å². The molecule has 4 amide bonds. The third-order valence-electron chi connectivity index (χ3n) is 17.0. The molecule has 0 heterocycles. The van der Waals surface area contributed by atoms with Crippen molar-refractivity contribution in [3.8, 4) is 0 Å². The van der Waals surface area contributed by atoms with Crippen LogP contribution in [0.25, 0.3) is 0 Å². The topological polar surface area (TPSA) is 135 Å². The van der Waals surface area contributed by atoms with Crippen LogP contribution in [0.3, 0.4) is 0 Å². The Balaban J connectivity index is 5.15. The van der Waals surface area contributed by atoms with Crippen molar-refractivity contribution in [2.45, 2.75) is 355 Å². The molecule has 0 fully saturated rings. The van der Waals surface area contributed by atoms with Crippen LogP contribution in [0.4, 0.5) is 0 Å². The average molecular weight is 1160 g/mol. The van der Waals surface area contributed by atoms with Crippen molar-refractivity contribution in [2.24, 2.45) is 0 Å². The number of hydrogen-bond acceptors (Lipinski definition) is 7. The van der Waals surface area contributed by atoms with Crippen molar-refractivity contribution in [3.63, 3.8) is 0 Å². The van der Waals surface area contributed by atoms with E-state index in [1.54, 1.807) is 0 Å². The summed E-state index contributed by atoms with van der Waals surface area (Å²) in [6.07, 6.45) is 62.0. The minimum atomic E-state index is 0.0915. The van der Waals surface area contributed by atoms with Gasteiger partial charge in [0.2, 0.25) is 23.6 Å². The molecule has 0 aromatic heterocycles. The first-order valence-electron chi connectivity index (χ1n) is 36.6. The zero-order valence-electron chi connectivity index (χ0n) is 55.6. The maximum absolute atomic E-state index is 13.2. The van der Waals surface area contributed by atoms with Gasteiger partial charge in [0.1, 0.15) is 0 Å². The van der Waals surface area contributed by atoms with Gasteiger partial charge < -0.3 is 36.4 Å². The van der Waals surface area contributed by atoms with Gasteiger partial charge in [0.05, 0.1) is 0 Å². The van der Waals surface area contributed by atoms with Gasteiger partial charge >= 0.3 is 0 Å². The lowest BCUT2D eigenvalue weighted by Crippen LogP contribution is -2.42. The molecule has 0 aromatic rings. The summed E-state index contributed by atoms with van der Waals surface area (Å²) in [5.41, 5.74) is 0. The number of nitrogens with one attached hydrogen (secondary N) is 5. The van der Waals surface area contributed by atoms with Gasteiger partial charge in [0, 0.05) is 97.7 Å². The van der Waals surface area contributed by atoms with E-state index in [9.17, 15) is 19.2 Å². The molecule has 82 heavy (non-hydrogen) atoms. The second-order valence-electron chi connectivity index (χ2n) is 25.0. The molecule has 0 spiro atoms. The van der Waals surface area contributed by atoms with E-state index < -0.39 is 0 Å². The van der Waals surface area contributed by atoms with Crippen molar-refractivity contribution in [1.29, 1.82) is 0 Å². The predicted molar refractivity (Wildman–Crippen MR) is 356 cm³/mol. The highest BCUT2D eigenvalue weighted by atomic mass is 16.2. The summed E-state index contributed by atoms with van der Waals surface area (Å²) < 4.78 is 0. The minimum absolute atomic E-state index is 0.0915. The normalized spacial score (nSPS) is 11.5. The highest BCUT2D eigenvalue weighted by Crippen LogP contribution is 2.15. The summed E-state index contributed by atoms with van der Waals surface area (Å²) in [5.74, 6) is 0.490. The van der Waals surface area contributed by atoms with Crippen LogP contribution in [0.15, 0.2) is 0 Å². The first kappa shape index (κ1) is 79.8. The second-order valence-corrected chi connectivity index (χ2v) is 25.0. The fourth-order valence-corrected chi connectivity index (χ4v) is 11.2. The molecule has 0 aliphatic carbocycles. The van der Waals surface area contributed by atoms with Crippen LogP contribution in [-0.4, -0.2) is 112 Å². The highest BCUT2D eigenvalue weighted by molar-refractivity contribution is 5.77. The average Bonchev–Trinajstić information content (AvgIpc) is 3.47. The van der Waals surface area contributed by atoms with Crippen molar-refractivity contribution < 1.29 is 19.2 Å².